The Bertz CT molecular complexity index is 614. The summed E-state index contributed by atoms with van der Waals surface area (Å²) in [5.41, 5.74) is 2.30. The summed E-state index contributed by atoms with van der Waals surface area (Å²) in [6.07, 6.45) is 2.08. The van der Waals surface area contributed by atoms with Crippen LogP contribution in [-0.4, -0.2) is 10.9 Å². The van der Waals surface area contributed by atoms with Gasteiger partial charge in [0.2, 0.25) is 5.91 Å². The first-order chi connectivity index (χ1) is 9.54. The Morgan fingerprint density at radius 1 is 1.35 bits per heavy atom. The minimum Gasteiger partial charge on any atom is -0.310 e. The second-order valence-electron chi connectivity index (χ2n) is 4.52. The Labute approximate surface area is 125 Å². The molecule has 3 nitrogen and oxygen atoms in total. The van der Waals surface area contributed by atoms with Crippen LogP contribution in [0, 0.1) is 12.7 Å². The van der Waals surface area contributed by atoms with E-state index in [0.717, 1.165) is 11.8 Å². The molecule has 104 valence electrons. The quantitative estimate of drug-likeness (QED) is 0.920. The molecule has 1 aromatic heterocycles. The minimum atomic E-state index is -0.450. The lowest BCUT2D eigenvalue weighted by Gasteiger charge is -2.06. The number of hydrogen-bond donors (Lipinski definition) is 1. The van der Waals surface area contributed by atoms with E-state index in [2.05, 4.69) is 26.2 Å². The molecule has 1 heterocycles. The van der Waals surface area contributed by atoms with Crippen molar-refractivity contribution in [2.45, 2.75) is 19.8 Å². The number of rotatable bonds is 4. The topological polar surface area (TPSA) is 42.0 Å². The van der Waals surface area contributed by atoms with Gasteiger partial charge in [-0.3, -0.25) is 4.79 Å². The first kappa shape index (κ1) is 14.7. The van der Waals surface area contributed by atoms with Crippen molar-refractivity contribution >= 4 is 27.7 Å². The van der Waals surface area contributed by atoms with E-state index in [1.54, 1.807) is 0 Å². The Hall–Kier alpha value is -1.75. The van der Waals surface area contributed by atoms with Crippen LogP contribution < -0.4 is 5.32 Å². The fourth-order valence-corrected chi connectivity index (χ4v) is 2.13. The van der Waals surface area contributed by atoms with Crippen LogP contribution >= 0.6 is 15.9 Å². The van der Waals surface area contributed by atoms with Crippen molar-refractivity contribution in [1.82, 2.24) is 4.98 Å². The molecule has 0 fully saturated rings. The summed E-state index contributed by atoms with van der Waals surface area (Å²) in [6, 6.07) is 9.32. The van der Waals surface area contributed by atoms with Crippen molar-refractivity contribution < 1.29 is 9.18 Å². The molecule has 0 atom stereocenters. The molecule has 0 unspecified atom stereocenters. The van der Waals surface area contributed by atoms with E-state index in [1.807, 2.05) is 31.2 Å². The predicted octanol–water partition coefficient (Wildman–Crippen LogP) is 3.86. The number of carbonyl (C=O) groups excluding carboxylic acids is 1. The van der Waals surface area contributed by atoms with Crippen molar-refractivity contribution in [2.24, 2.45) is 0 Å². The van der Waals surface area contributed by atoms with Crippen LogP contribution in [-0.2, 0) is 11.2 Å². The van der Waals surface area contributed by atoms with E-state index in [0.29, 0.717) is 23.1 Å². The molecular weight excluding hydrogens is 323 g/mol. The summed E-state index contributed by atoms with van der Waals surface area (Å²) in [5.74, 6) is -0.264. The van der Waals surface area contributed by atoms with E-state index < -0.39 is 5.82 Å². The fraction of sp³-hybridized carbons (Fsp3) is 0.200. The predicted molar refractivity (Wildman–Crippen MR) is 80.0 cm³/mol. The normalized spacial score (nSPS) is 10.3. The van der Waals surface area contributed by atoms with Crippen LogP contribution in [0.25, 0.3) is 0 Å². The fourth-order valence-electron chi connectivity index (χ4n) is 1.71. The molecule has 0 saturated carbocycles. The summed E-state index contributed by atoms with van der Waals surface area (Å²) < 4.78 is 13.3. The van der Waals surface area contributed by atoms with E-state index in [9.17, 15) is 9.18 Å². The van der Waals surface area contributed by atoms with Crippen LogP contribution in [0.3, 0.4) is 0 Å². The molecule has 0 aliphatic carbocycles. The van der Waals surface area contributed by atoms with Gasteiger partial charge in [0, 0.05) is 6.42 Å². The average molecular weight is 337 g/mol. The number of benzene rings is 1. The number of anilines is 1. The lowest BCUT2D eigenvalue weighted by atomic mass is 10.1. The summed E-state index contributed by atoms with van der Waals surface area (Å²) in [5, 5.41) is 2.66. The van der Waals surface area contributed by atoms with Crippen molar-refractivity contribution in [3.05, 3.63) is 57.9 Å². The molecule has 0 aliphatic rings. The molecule has 1 aromatic carbocycles. The second-order valence-corrected chi connectivity index (χ2v) is 5.37. The number of halogens is 2. The van der Waals surface area contributed by atoms with Crippen LogP contribution in [0.4, 0.5) is 10.2 Å². The molecule has 2 aromatic rings. The van der Waals surface area contributed by atoms with E-state index in [-0.39, 0.29) is 5.91 Å². The lowest BCUT2D eigenvalue weighted by Crippen LogP contribution is -2.14. The van der Waals surface area contributed by atoms with E-state index >= 15 is 0 Å². The van der Waals surface area contributed by atoms with Gasteiger partial charge in [-0.1, -0.05) is 29.8 Å². The molecule has 20 heavy (non-hydrogen) atoms. The summed E-state index contributed by atoms with van der Waals surface area (Å²) >= 11 is 3.16. The molecule has 0 aliphatic heterocycles. The zero-order chi connectivity index (χ0) is 14.5. The first-order valence-electron chi connectivity index (χ1n) is 6.21. The Balaban J connectivity index is 1.90. The number of hydrogen-bond acceptors (Lipinski definition) is 2. The smallest absolute Gasteiger partial charge is 0.225 e. The lowest BCUT2D eigenvalue weighted by molar-refractivity contribution is -0.116. The second kappa shape index (κ2) is 6.61. The third-order valence-corrected chi connectivity index (χ3v) is 3.43. The monoisotopic (exact) mass is 336 g/mol. The SMILES string of the molecule is Cc1ccc(CCC(=O)Nc2ncc(F)cc2Br)cc1. The highest BCUT2D eigenvalue weighted by Gasteiger charge is 2.08. The van der Waals surface area contributed by atoms with Gasteiger partial charge in [-0.15, -0.1) is 0 Å². The van der Waals surface area contributed by atoms with Crippen molar-refractivity contribution in [3.63, 3.8) is 0 Å². The molecular formula is C15H14BrFN2O. The standard InChI is InChI=1S/C15H14BrFN2O/c1-10-2-4-11(5-3-10)6-7-14(20)19-15-13(16)8-12(17)9-18-15/h2-5,8-9H,6-7H2,1H3,(H,18,19,20). The minimum absolute atomic E-state index is 0.148. The highest BCUT2D eigenvalue weighted by molar-refractivity contribution is 9.10. The first-order valence-corrected chi connectivity index (χ1v) is 7.00. The molecule has 2 rings (SSSR count). The van der Waals surface area contributed by atoms with Crippen molar-refractivity contribution in [2.75, 3.05) is 5.32 Å². The highest BCUT2D eigenvalue weighted by Crippen LogP contribution is 2.20. The summed E-state index contributed by atoms with van der Waals surface area (Å²) in [6.45, 7) is 2.02. The zero-order valence-electron chi connectivity index (χ0n) is 11.0. The third-order valence-electron chi connectivity index (χ3n) is 2.83. The van der Waals surface area contributed by atoms with Crippen LogP contribution in [0.15, 0.2) is 41.0 Å². The molecule has 0 radical (unpaired) electrons. The molecule has 0 saturated heterocycles. The van der Waals surface area contributed by atoms with Crippen LogP contribution in [0.5, 0.6) is 0 Å². The number of carbonyl (C=O) groups is 1. The largest absolute Gasteiger partial charge is 0.310 e. The Kier molecular flexibility index (Phi) is 4.84. The van der Waals surface area contributed by atoms with Crippen LogP contribution in [0.1, 0.15) is 17.5 Å². The summed E-state index contributed by atoms with van der Waals surface area (Å²) in [7, 11) is 0. The van der Waals surface area contributed by atoms with E-state index in [4.69, 9.17) is 0 Å². The molecule has 0 bridgehead atoms. The van der Waals surface area contributed by atoms with Gasteiger partial charge >= 0.3 is 0 Å². The van der Waals surface area contributed by atoms with Gasteiger partial charge in [0.05, 0.1) is 10.7 Å². The molecule has 1 amide bonds. The van der Waals surface area contributed by atoms with Gasteiger partial charge in [0.15, 0.2) is 0 Å². The number of amides is 1. The number of pyridine rings is 1. The van der Waals surface area contributed by atoms with Gasteiger partial charge in [0.25, 0.3) is 0 Å². The van der Waals surface area contributed by atoms with Gasteiger partial charge < -0.3 is 5.32 Å². The van der Waals surface area contributed by atoms with Crippen molar-refractivity contribution in [1.29, 1.82) is 0 Å². The maximum atomic E-state index is 12.9. The van der Waals surface area contributed by atoms with Crippen molar-refractivity contribution in [3.8, 4) is 0 Å². The Morgan fingerprint density at radius 3 is 2.70 bits per heavy atom. The molecule has 5 heteroatoms. The van der Waals surface area contributed by atoms with Gasteiger partial charge in [-0.2, -0.15) is 0 Å². The van der Waals surface area contributed by atoms with E-state index in [1.165, 1.54) is 11.6 Å². The summed E-state index contributed by atoms with van der Waals surface area (Å²) in [4.78, 5) is 15.7. The number of nitrogens with one attached hydrogen (secondary N) is 1. The number of aromatic nitrogens is 1. The van der Waals surface area contributed by atoms with Gasteiger partial charge in [0.1, 0.15) is 11.6 Å². The Morgan fingerprint density at radius 2 is 2.05 bits per heavy atom. The average Bonchev–Trinajstić information content (AvgIpc) is 2.41. The van der Waals surface area contributed by atoms with Gasteiger partial charge in [-0.25, -0.2) is 9.37 Å². The zero-order valence-corrected chi connectivity index (χ0v) is 12.6. The molecule has 0 spiro atoms. The maximum Gasteiger partial charge on any atom is 0.225 e. The van der Waals surface area contributed by atoms with Gasteiger partial charge in [-0.05, 0) is 40.9 Å². The highest BCUT2D eigenvalue weighted by atomic mass is 79.9. The number of aryl methyl sites for hydroxylation is 2. The maximum absolute atomic E-state index is 12.9. The van der Waals surface area contributed by atoms with Crippen LogP contribution in [0.2, 0.25) is 0 Å². The molecule has 1 N–H and O–H groups in total. The number of nitrogens with zero attached hydrogens (tertiary/aromatic N) is 1. The third kappa shape index (κ3) is 4.13.